The second kappa shape index (κ2) is 3.83. The van der Waals surface area contributed by atoms with Crippen LogP contribution in [0.4, 0.5) is 24.8 Å². The fraction of sp³-hybridized carbons (Fsp3) is 0.300. The predicted octanol–water partition coefficient (Wildman–Crippen LogP) is 2.14. The minimum absolute atomic E-state index is 0.169. The van der Waals surface area contributed by atoms with E-state index >= 15 is 0 Å². The molecule has 2 rings (SSSR count). The molecule has 0 atom stereocenters. The molecule has 0 spiro atoms. The zero-order valence-corrected chi connectivity index (χ0v) is 9.04. The van der Waals surface area contributed by atoms with Crippen molar-refractivity contribution in [2.45, 2.75) is 6.18 Å². The Hall–Kier alpha value is -1.92. The lowest BCUT2D eigenvalue weighted by Gasteiger charge is -2.17. The van der Waals surface area contributed by atoms with Crippen molar-refractivity contribution in [3.8, 4) is 0 Å². The van der Waals surface area contributed by atoms with Crippen molar-refractivity contribution in [2.24, 2.45) is 0 Å². The molecule has 4 nitrogen and oxygen atoms in total. The molecule has 92 valence electrons. The summed E-state index contributed by atoms with van der Waals surface area (Å²) in [6.45, 7) is -1.05. The molecular weight excluding hydrogens is 233 g/mol. The van der Waals surface area contributed by atoms with Gasteiger partial charge in [-0.25, -0.2) is 4.98 Å². The van der Waals surface area contributed by atoms with E-state index in [-0.39, 0.29) is 5.95 Å². The van der Waals surface area contributed by atoms with Gasteiger partial charge in [0.15, 0.2) is 0 Å². The van der Waals surface area contributed by atoms with Crippen LogP contribution >= 0.6 is 0 Å². The molecular formula is C10H11F3N4. The maximum atomic E-state index is 12.2. The molecule has 1 aromatic heterocycles. The number of anilines is 2. The van der Waals surface area contributed by atoms with Crippen LogP contribution in [0.2, 0.25) is 0 Å². The van der Waals surface area contributed by atoms with Gasteiger partial charge in [-0.2, -0.15) is 13.2 Å². The first-order valence-electron chi connectivity index (χ1n) is 4.88. The smallest absolute Gasteiger partial charge is 0.399 e. The fourth-order valence-electron chi connectivity index (χ4n) is 1.54. The summed E-state index contributed by atoms with van der Waals surface area (Å²) < 4.78 is 36.6. The second-order valence-corrected chi connectivity index (χ2v) is 3.81. The van der Waals surface area contributed by atoms with Crippen LogP contribution in [0.25, 0.3) is 11.0 Å². The molecule has 3 N–H and O–H groups in total. The largest absolute Gasteiger partial charge is 0.406 e. The number of rotatable bonds is 2. The zero-order valence-electron chi connectivity index (χ0n) is 9.04. The molecule has 0 saturated carbocycles. The highest BCUT2D eigenvalue weighted by Crippen LogP contribution is 2.22. The summed E-state index contributed by atoms with van der Waals surface area (Å²) in [5, 5.41) is 0. The summed E-state index contributed by atoms with van der Waals surface area (Å²) >= 11 is 0. The van der Waals surface area contributed by atoms with Gasteiger partial charge in [-0.15, -0.1) is 0 Å². The molecule has 0 bridgehead atoms. The van der Waals surface area contributed by atoms with E-state index in [0.29, 0.717) is 16.7 Å². The molecule has 1 heterocycles. The quantitative estimate of drug-likeness (QED) is 0.796. The monoisotopic (exact) mass is 244 g/mol. The van der Waals surface area contributed by atoms with E-state index in [0.717, 1.165) is 4.90 Å². The van der Waals surface area contributed by atoms with E-state index in [2.05, 4.69) is 9.97 Å². The topological polar surface area (TPSA) is 57.9 Å². The summed E-state index contributed by atoms with van der Waals surface area (Å²) in [6, 6.07) is 4.94. The molecule has 1 aromatic carbocycles. The summed E-state index contributed by atoms with van der Waals surface area (Å²) in [5.41, 5.74) is 7.31. The summed E-state index contributed by atoms with van der Waals surface area (Å²) in [6.07, 6.45) is -4.26. The molecule has 0 aliphatic carbocycles. The van der Waals surface area contributed by atoms with Crippen LogP contribution in [0.3, 0.4) is 0 Å². The van der Waals surface area contributed by atoms with Gasteiger partial charge in [-0.3, -0.25) is 0 Å². The Morgan fingerprint density at radius 2 is 2.12 bits per heavy atom. The minimum atomic E-state index is -4.26. The third kappa shape index (κ3) is 2.61. The number of aromatic amines is 1. The molecule has 0 amide bonds. The van der Waals surface area contributed by atoms with Gasteiger partial charge < -0.3 is 15.6 Å². The molecule has 0 aliphatic heterocycles. The first-order valence-corrected chi connectivity index (χ1v) is 4.88. The number of nitrogen functional groups attached to an aromatic ring is 1. The number of nitrogens with two attached hydrogens (primary N) is 1. The molecule has 0 saturated heterocycles. The van der Waals surface area contributed by atoms with Crippen LogP contribution in [0.1, 0.15) is 0 Å². The number of nitrogens with one attached hydrogen (secondary N) is 1. The van der Waals surface area contributed by atoms with Crippen molar-refractivity contribution in [3.63, 3.8) is 0 Å². The molecule has 0 radical (unpaired) electrons. The van der Waals surface area contributed by atoms with E-state index in [1.54, 1.807) is 18.2 Å². The first-order chi connectivity index (χ1) is 7.85. The van der Waals surface area contributed by atoms with Gasteiger partial charge in [-0.05, 0) is 18.2 Å². The van der Waals surface area contributed by atoms with Gasteiger partial charge in [0.1, 0.15) is 6.54 Å². The number of alkyl halides is 3. The van der Waals surface area contributed by atoms with Crippen LogP contribution < -0.4 is 10.6 Å². The van der Waals surface area contributed by atoms with Crippen LogP contribution in [-0.2, 0) is 0 Å². The number of nitrogens with zero attached hydrogens (tertiary/aromatic N) is 2. The van der Waals surface area contributed by atoms with E-state index < -0.39 is 12.7 Å². The normalized spacial score (nSPS) is 12.0. The van der Waals surface area contributed by atoms with E-state index in [1.165, 1.54) is 7.05 Å². The molecule has 2 aromatic rings. The third-order valence-electron chi connectivity index (χ3n) is 2.27. The second-order valence-electron chi connectivity index (χ2n) is 3.81. The number of aromatic nitrogens is 2. The molecule has 17 heavy (non-hydrogen) atoms. The highest BCUT2D eigenvalue weighted by atomic mass is 19.4. The maximum absolute atomic E-state index is 12.2. The summed E-state index contributed by atoms with van der Waals surface area (Å²) in [7, 11) is 1.33. The SMILES string of the molecule is CN(CC(F)(F)F)c1nc2ccc(N)cc2[nH]1. The van der Waals surface area contributed by atoms with Gasteiger partial charge in [0.05, 0.1) is 11.0 Å². The van der Waals surface area contributed by atoms with E-state index in [4.69, 9.17) is 5.73 Å². The molecule has 0 unspecified atom stereocenters. The fourth-order valence-corrected chi connectivity index (χ4v) is 1.54. The van der Waals surface area contributed by atoms with Crippen molar-refractivity contribution < 1.29 is 13.2 Å². The van der Waals surface area contributed by atoms with Gasteiger partial charge >= 0.3 is 6.18 Å². The third-order valence-corrected chi connectivity index (χ3v) is 2.27. The highest BCUT2D eigenvalue weighted by molar-refractivity contribution is 5.80. The van der Waals surface area contributed by atoms with Gasteiger partial charge in [-0.1, -0.05) is 0 Å². The number of hydrogen-bond donors (Lipinski definition) is 2. The number of H-pyrrole nitrogens is 1. The summed E-state index contributed by atoms with van der Waals surface area (Å²) in [5.74, 6) is 0.169. The lowest BCUT2D eigenvalue weighted by atomic mass is 10.3. The lowest BCUT2D eigenvalue weighted by molar-refractivity contribution is -0.119. The average Bonchev–Trinajstić information content (AvgIpc) is 2.57. The summed E-state index contributed by atoms with van der Waals surface area (Å²) in [4.78, 5) is 7.86. The Bertz CT molecular complexity index is 532. The Balaban J connectivity index is 2.30. The van der Waals surface area contributed by atoms with Crippen molar-refractivity contribution >= 4 is 22.7 Å². The van der Waals surface area contributed by atoms with Crippen molar-refractivity contribution in [2.75, 3.05) is 24.2 Å². The number of halogens is 3. The Kier molecular flexibility index (Phi) is 2.60. The Morgan fingerprint density at radius 1 is 1.41 bits per heavy atom. The predicted molar refractivity (Wildman–Crippen MR) is 59.8 cm³/mol. The number of fused-ring (bicyclic) bond motifs is 1. The van der Waals surface area contributed by atoms with Crippen LogP contribution in [-0.4, -0.2) is 29.7 Å². The first kappa shape index (κ1) is 11.6. The van der Waals surface area contributed by atoms with Gasteiger partial charge in [0.25, 0.3) is 0 Å². The molecule has 7 heteroatoms. The van der Waals surface area contributed by atoms with Gasteiger partial charge in [0, 0.05) is 12.7 Å². The average molecular weight is 244 g/mol. The maximum Gasteiger partial charge on any atom is 0.406 e. The van der Waals surface area contributed by atoms with Crippen molar-refractivity contribution in [1.29, 1.82) is 0 Å². The van der Waals surface area contributed by atoms with Crippen molar-refractivity contribution in [3.05, 3.63) is 18.2 Å². The van der Waals surface area contributed by atoms with Crippen molar-refractivity contribution in [1.82, 2.24) is 9.97 Å². The number of benzene rings is 1. The minimum Gasteiger partial charge on any atom is -0.399 e. The molecule has 0 fully saturated rings. The Labute approximate surface area is 95.2 Å². The van der Waals surface area contributed by atoms with E-state index in [9.17, 15) is 13.2 Å². The van der Waals surface area contributed by atoms with E-state index in [1.807, 2.05) is 0 Å². The Morgan fingerprint density at radius 3 is 2.76 bits per heavy atom. The van der Waals surface area contributed by atoms with Crippen LogP contribution in [0, 0.1) is 0 Å². The number of imidazole rings is 1. The number of hydrogen-bond acceptors (Lipinski definition) is 3. The standard InChI is InChI=1S/C10H11F3N4/c1-17(5-10(11,12)13)9-15-7-3-2-6(14)4-8(7)16-9/h2-4H,5,14H2,1H3,(H,15,16). The highest BCUT2D eigenvalue weighted by Gasteiger charge is 2.30. The van der Waals surface area contributed by atoms with Crippen LogP contribution in [0.15, 0.2) is 18.2 Å². The van der Waals surface area contributed by atoms with Gasteiger partial charge in [0.2, 0.25) is 5.95 Å². The molecule has 0 aliphatic rings. The lowest BCUT2D eigenvalue weighted by Crippen LogP contribution is -2.31. The van der Waals surface area contributed by atoms with Crippen LogP contribution in [0.5, 0.6) is 0 Å². The zero-order chi connectivity index (χ0) is 12.6.